The molecule has 1 aliphatic heterocycles. The van der Waals surface area contributed by atoms with E-state index in [0.29, 0.717) is 11.1 Å². The lowest BCUT2D eigenvalue weighted by molar-refractivity contribution is -0.129. The summed E-state index contributed by atoms with van der Waals surface area (Å²) in [7, 11) is 0. The van der Waals surface area contributed by atoms with Crippen molar-refractivity contribution in [3.63, 3.8) is 0 Å². The number of carbonyl (C=O) groups is 1. The van der Waals surface area contributed by atoms with Crippen molar-refractivity contribution in [1.82, 2.24) is 15.1 Å². The van der Waals surface area contributed by atoms with E-state index in [2.05, 4.69) is 10.2 Å². The zero-order valence-electron chi connectivity index (χ0n) is 12.8. The lowest BCUT2D eigenvalue weighted by atomic mass is 10.1. The molecule has 1 amide bonds. The molecule has 1 atom stereocenters. The number of rotatable bonds is 4. The summed E-state index contributed by atoms with van der Waals surface area (Å²) in [6.07, 6.45) is 2.20. The third-order valence-electron chi connectivity index (χ3n) is 3.71. The Kier molecular flexibility index (Phi) is 4.47. The van der Waals surface area contributed by atoms with Gasteiger partial charge in [-0.15, -0.1) is 10.2 Å². The number of aromatic nitrogens is 2. The van der Waals surface area contributed by atoms with Crippen LogP contribution in [0.15, 0.2) is 33.9 Å². The van der Waals surface area contributed by atoms with Crippen molar-refractivity contribution in [2.24, 2.45) is 0 Å². The number of thioether (sulfide) groups is 1. The highest BCUT2D eigenvalue weighted by molar-refractivity contribution is 8.00. The summed E-state index contributed by atoms with van der Waals surface area (Å²) in [5.74, 6) is 0.643. The topological polar surface area (TPSA) is 59.2 Å². The predicted octanol–water partition coefficient (Wildman–Crippen LogP) is 3.15. The number of aryl methyl sites for hydroxylation is 1. The Labute approximate surface area is 134 Å². The highest BCUT2D eigenvalue weighted by atomic mass is 32.2. The molecule has 1 aliphatic rings. The van der Waals surface area contributed by atoms with Gasteiger partial charge in [0, 0.05) is 18.7 Å². The minimum absolute atomic E-state index is 0.151. The third kappa shape index (κ3) is 3.32. The molecule has 116 valence electrons. The van der Waals surface area contributed by atoms with Gasteiger partial charge < -0.3 is 9.32 Å². The number of carbonyl (C=O) groups excluding carboxylic acids is 1. The average Bonchev–Trinajstić information content (AvgIpc) is 3.18. The zero-order valence-corrected chi connectivity index (χ0v) is 13.6. The van der Waals surface area contributed by atoms with Crippen LogP contribution in [0.5, 0.6) is 0 Å². The first-order valence-electron chi connectivity index (χ1n) is 7.49. The average molecular weight is 317 g/mol. The normalized spacial score (nSPS) is 16.0. The van der Waals surface area contributed by atoms with Crippen LogP contribution in [0.3, 0.4) is 0 Å². The first-order valence-corrected chi connectivity index (χ1v) is 8.37. The molecule has 1 saturated heterocycles. The van der Waals surface area contributed by atoms with Crippen molar-refractivity contribution in [3.8, 4) is 11.5 Å². The van der Waals surface area contributed by atoms with Crippen molar-refractivity contribution < 1.29 is 9.21 Å². The van der Waals surface area contributed by atoms with E-state index in [9.17, 15) is 4.79 Å². The van der Waals surface area contributed by atoms with Gasteiger partial charge in [0.1, 0.15) is 0 Å². The summed E-state index contributed by atoms with van der Waals surface area (Å²) in [6, 6.07) is 7.92. The Balaban J connectivity index is 1.67. The molecular weight excluding hydrogens is 298 g/mol. The van der Waals surface area contributed by atoms with E-state index in [1.54, 1.807) is 0 Å². The second kappa shape index (κ2) is 6.52. The molecule has 0 aliphatic carbocycles. The van der Waals surface area contributed by atoms with Gasteiger partial charge in [-0.05, 0) is 38.8 Å². The van der Waals surface area contributed by atoms with E-state index < -0.39 is 0 Å². The van der Waals surface area contributed by atoms with Gasteiger partial charge in [-0.2, -0.15) is 0 Å². The molecule has 0 spiro atoms. The monoisotopic (exact) mass is 317 g/mol. The number of hydrogen-bond donors (Lipinski definition) is 0. The molecule has 0 saturated carbocycles. The summed E-state index contributed by atoms with van der Waals surface area (Å²) in [4.78, 5) is 14.2. The summed E-state index contributed by atoms with van der Waals surface area (Å²) < 4.78 is 5.68. The third-order valence-corrected chi connectivity index (χ3v) is 4.64. The van der Waals surface area contributed by atoms with Crippen molar-refractivity contribution in [2.45, 2.75) is 37.2 Å². The Hall–Kier alpha value is -1.82. The first-order chi connectivity index (χ1) is 10.6. The molecule has 0 unspecified atom stereocenters. The van der Waals surface area contributed by atoms with E-state index in [1.807, 2.05) is 43.0 Å². The number of amides is 1. The summed E-state index contributed by atoms with van der Waals surface area (Å²) in [6.45, 7) is 5.64. The van der Waals surface area contributed by atoms with Crippen LogP contribution in [0.4, 0.5) is 0 Å². The molecule has 5 nitrogen and oxygen atoms in total. The highest BCUT2D eigenvalue weighted by Gasteiger charge is 2.25. The molecule has 2 aromatic rings. The van der Waals surface area contributed by atoms with Crippen molar-refractivity contribution >= 4 is 17.7 Å². The fourth-order valence-corrected chi connectivity index (χ4v) is 3.32. The van der Waals surface area contributed by atoms with Crippen molar-refractivity contribution in [2.75, 3.05) is 13.1 Å². The van der Waals surface area contributed by atoms with Crippen LogP contribution in [-0.2, 0) is 4.79 Å². The van der Waals surface area contributed by atoms with Gasteiger partial charge in [-0.3, -0.25) is 4.79 Å². The maximum Gasteiger partial charge on any atom is 0.277 e. The van der Waals surface area contributed by atoms with Crippen molar-refractivity contribution in [1.29, 1.82) is 0 Å². The fraction of sp³-hybridized carbons (Fsp3) is 0.438. The van der Waals surface area contributed by atoms with Gasteiger partial charge in [-0.25, -0.2) is 0 Å². The predicted molar refractivity (Wildman–Crippen MR) is 85.6 cm³/mol. The summed E-state index contributed by atoms with van der Waals surface area (Å²) in [5.41, 5.74) is 2.04. The number of likely N-dealkylation sites (tertiary alicyclic amines) is 1. The van der Waals surface area contributed by atoms with E-state index in [0.717, 1.165) is 37.1 Å². The fourth-order valence-electron chi connectivity index (χ4n) is 2.55. The zero-order chi connectivity index (χ0) is 15.5. The smallest absolute Gasteiger partial charge is 0.277 e. The highest BCUT2D eigenvalue weighted by Crippen LogP contribution is 2.27. The Morgan fingerprint density at radius 3 is 2.82 bits per heavy atom. The Bertz CT molecular complexity index is 665. The molecule has 0 bridgehead atoms. The minimum atomic E-state index is -0.205. The second-order valence-corrected chi connectivity index (χ2v) is 6.83. The van der Waals surface area contributed by atoms with Crippen LogP contribution >= 0.6 is 11.8 Å². The Morgan fingerprint density at radius 1 is 1.32 bits per heavy atom. The van der Waals surface area contributed by atoms with Crippen LogP contribution in [0.25, 0.3) is 11.5 Å². The second-order valence-electron chi connectivity index (χ2n) is 5.54. The molecule has 6 heteroatoms. The molecule has 1 fully saturated rings. The number of nitrogens with zero attached hydrogens (tertiary/aromatic N) is 3. The maximum absolute atomic E-state index is 12.3. The van der Waals surface area contributed by atoms with E-state index in [-0.39, 0.29) is 11.2 Å². The van der Waals surface area contributed by atoms with Gasteiger partial charge in [-0.1, -0.05) is 29.5 Å². The lowest BCUT2D eigenvalue weighted by Gasteiger charge is -2.18. The van der Waals surface area contributed by atoms with E-state index in [1.165, 1.54) is 11.8 Å². The van der Waals surface area contributed by atoms with Crippen LogP contribution in [0.1, 0.15) is 25.3 Å². The quantitative estimate of drug-likeness (QED) is 0.811. The lowest BCUT2D eigenvalue weighted by Crippen LogP contribution is -2.34. The van der Waals surface area contributed by atoms with E-state index in [4.69, 9.17) is 4.42 Å². The summed E-state index contributed by atoms with van der Waals surface area (Å²) >= 11 is 1.33. The summed E-state index contributed by atoms with van der Waals surface area (Å²) in [5, 5.41) is 8.36. The van der Waals surface area contributed by atoms with E-state index >= 15 is 0 Å². The standard InChI is InChI=1S/C16H19N3O2S/c1-11-6-5-7-13(10-11)14-17-18-16(21-14)22-12(2)15(20)19-8-3-4-9-19/h5-7,10,12H,3-4,8-9H2,1-2H3/t12-/m0/s1. The first kappa shape index (κ1) is 15.1. The van der Waals surface area contributed by atoms with Gasteiger partial charge >= 0.3 is 0 Å². The maximum atomic E-state index is 12.3. The molecule has 3 rings (SSSR count). The molecule has 0 N–H and O–H groups in total. The SMILES string of the molecule is Cc1cccc(-c2nnc(S[C@@H](C)C(=O)N3CCCC3)o2)c1. The molecule has 1 aromatic heterocycles. The largest absolute Gasteiger partial charge is 0.411 e. The molecule has 1 aromatic carbocycles. The van der Waals surface area contributed by atoms with Crippen LogP contribution in [-0.4, -0.2) is 39.3 Å². The molecule has 0 radical (unpaired) electrons. The molecular formula is C16H19N3O2S. The van der Waals surface area contributed by atoms with Crippen LogP contribution < -0.4 is 0 Å². The van der Waals surface area contributed by atoms with Crippen LogP contribution in [0, 0.1) is 6.92 Å². The Morgan fingerprint density at radius 2 is 2.09 bits per heavy atom. The van der Waals surface area contributed by atoms with Gasteiger partial charge in [0.2, 0.25) is 11.8 Å². The van der Waals surface area contributed by atoms with Gasteiger partial charge in [0.15, 0.2) is 0 Å². The number of benzene rings is 1. The minimum Gasteiger partial charge on any atom is -0.411 e. The molecule has 2 heterocycles. The van der Waals surface area contributed by atoms with Gasteiger partial charge in [0.05, 0.1) is 5.25 Å². The molecule has 22 heavy (non-hydrogen) atoms. The van der Waals surface area contributed by atoms with Crippen molar-refractivity contribution in [3.05, 3.63) is 29.8 Å². The number of hydrogen-bond acceptors (Lipinski definition) is 5. The van der Waals surface area contributed by atoms with Gasteiger partial charge in [0.25, 0.3) is 5.22 Å². The van der Waals surface area contributed by atoms with Crippen LogP contribution in [0.2, 0.25) is 0 Å².